The molecule has 0 heterocycles. The SMILES string of the molecule is COc1ccc(C2(CNCc3ccccc3)CCC2)cc1OC. The van der Waals surface area contributed by atoms with E-state index < -0.39 is 0 Å². The van der Waals surface area contributed by atoms with Gasteiger partial charge in [-0.25, -0.2) is 0 Å². The summed E-state index contributed by atoms with van der Waals surface area (Å²) in [6.07, 6.45) is 3.75. The molecule has 2 aromatic rings. The molecule has 0 unspecified atom stereocenters. The van der Waals surface area contributed by atoms with Crippen molar-refractivity contribution in [3.63, 3.8) is 0 Å². The van der Waals surface area contributed by atoms with Crippen molar-refractivity contribution in [1.82, 2.24) is 5.32 Å². The lowest BCUT2D eigenvalue weighted by molar-refractivity contribution is 0.232. The quantitative estimate of drug-likeness (QED) is 0.841. The van der Waals surface area contributed by atoms with Crippen molar-refractivity contribution in [1.29, 1.82) is 0 Å². The lowest BCUT2D eigenvalue weighted by atomic mass is 9.64. The Hall–Kier alpha value is -2.00. The monoisotopic (exact) mass is 311 g/mol. The second kappa shape index (κ2) is 7.05. The lowest BCUT2D eigenvalue weighted by Crippen LogP contribution is -2.43. The molecular weight excluding hydrogens is 286 g/mol. The third-order valence-corrected chi connectivity index (χ3v) is 4.94. The number of benzene rings is 2. The van der Waals surface area contributed by atoms with Crippen LogP contribution in [0.2, 0.25) is 0 Å². The molecule has 1 saturated carbocycles. The number of rotatable bonds is 7. The Morgan fingerprint density at radius 1 is 0.957 bits per heavy atom. The first-order valence-corrected chi connectivity index (χ1v) is 8.24. The van der Waals surface area contributed by atoms with Crippen molar-refractivity contribution in [2.45, 2.75) is 31.2 Å². The molecule has 0 atom stereocenters. The van der Waals surface area contributed by atoms with Crippen LogP contribution < -0.4 is 14.8 Å². The molecule has 0 saturated heterocycles. The van der Waals surface area contributed by atoms with Crippen molar-refractivity contribution in [3.05, 3.63) is 59.7 Å². The van der Waals surface area contributed by atoms with Crippen LogP contribution >= 0.6 is 0 Å². The number of methoxy groups -OCH3 is 2. The second-order valence-electron chi connectivity index (χ2n) is 6.29. The van der Waals surface area contributed by atoms with E-state index in [2.05, 4.69) is 47.8 Å². The summed E-state index contributed by atoms with van der Waals surface area (Å²) in [5, 5.41) is 3.64. The predicted octanol–water partition coefficient (Wildman–Crippen LogP) is 3.92. The zero-order valence-electron chi connectivity index (χ0n) is 14.0. The van der Waals surface area contributed by atoms with E-state index in [-0.39, 0.29) is 5.41 Å². The summed E-state index contributed by atoms with van der Waals surface area (Å²) in [7, 11) is 3.38. The van der Waals surface area contributed by atoms with E-state index in [4.69, 9.17) is 9.47 Å². The number of hydrogen-bond acceptors (Lipinski definition) is 3. The summed E-state index contributed by atoms with van der Waals surface area (Å²) in [5.74, 6) is 1.61. The average molecular weight is 311 g/mol. The van der Waals surface area contributed by atoms with Crippen molar-refractivity contribution in [3.8, 4) is 11.5 Å². The Balaban J connectivity index is 1.70. The maximum Gasteiger partial charge on any atom is 0.161 e. The Labute approximate surface area is 138 Å². The molecule has 122 valence electrons. The van der Waals surface area contributed by atoms with Crippen LogP contribution in [-0.2, 0) is 12.0 Å². The number of ether oxygens (including phenoxy) is 2. The van der Waals surface area contributed by atoms with Crippen molar-refractivity contribution in [2.75, 3.05) is 20.8 Å². The molecular formula is C20H25NO2. The third kappa shape index (κ3) is 3.35. The first kappa shape index (κ1) is 15.9. The van der Waals surface area contributed by atoms with Crippen LogP contribution in [-0.4, -0.2) is 20.8 Å². The Morgan fingerprint density at radius 3 is 2.30 bits per heavy atom. The normalized spacial score (nSPS) is 15.7. The van der Waals surface area contributed by atoms with Gasteiger partial charge in [-0.1, -0.05) is 42.8 Å². The Kier molecular flexibility index (Phi) is 4.87. The Bertz CT molecular complexity index is 635. The number of hydrogen-bond donors (Lipinski definition) is 1. The largest absolute Gasteiger partial charge is 0.493 e. The fourth-order valence-corrected chi connectivity index (χ4v) is 3.38. The first-order chi connectivity index (χ1) is 11.3. The smallest absolute Gasteiger partial charge is 0.161 e. The van der Waals surface area contributed by atoms with Crippen LogP contribution in [0.1, 0.15) is 30.4 Å². The van der Waals surface area contributed by atoms with Crippen molar-refractivity contribution < 1.29 is 9.47 Å². The molecule has 2 aromatic carbocycles. The zero-order chi connectivity index (χ0) is 16.1. The summed E-state index contributed by atoms with van der Waals surface area (Å²) in [6, 6.07) is 16.9. The molecule has 0 bridgehead atoms. The molecule has 1 aliphatic rings. The highest BCUT2D eigenvalue weighted by molar-refractivity contribution is 5.46. The molecule has 1 fully saturated rings. The first-order valence-electron chi connectivity index (χ1n) is 8.24. The molecule has 0 radical (unpaired) electrons. The van der Waals surface area contributed by atoms with Gasteiger partial charge in [0, 0.05) is 18.5 Å². The average Bonchev–Trinajstić information content (AvgIpc) is 2.57. The zero-order valence-corrected chi connectivity index (χ0v) is 14.0. The van der Waals surface area contributed by atoms with Crippen molar-refractivity contribution in [2.24, 2.45) is 0 Å². The fourth-order valence-electron chi connectivity index (χ4n) is 3.38. The molecule has 1 N–H and O–H groups in total. The van der Waals surface area contributed by atoms with Crippen LogP contribution in [0.5, 0.6) is 11.5 Å². The maximum atomic E-state index is 5.47. The third-order valence-electron chi connectivity index (χ3n) is 4.94. The molecule has 3 heteroatoms. The van der Waals surface area contributed by atoms with Crippen LogP contribution in [0, 0.1) is 0 Å². The minimum Gasteiger partial charge on any atom is -0.493 e. The van der Waals surface area contributed by atoms with Crippen molar-refractivity contribution >= 4 is 0 Å². The summed E-state index contributed by atoms with van der Waals surface area (Å²) in [5.41, 5.74) is 2.91. The van der Waals surface area contributed by atoms with E-state index in [1.807, 2.05) is 6.07 Å². The van der Waals surface area contributed by atoms with Gasteiger partial charge in [-0.3, -0.25) is 0 Å². The molecule has 23 heavy (non-hydrogen) atoms. The molecule has 0 amide bonds. The van der Waals surface area contributed by atoms with Gasteiger partial charge in [-0.2, -0.15) is 0 Å². The summed E-state index contributed by atoms with van der Waals surface area (Å²) < 4.78 is 10.8. The van der Waals surface area contributed by atoms with Gasteiger partial charge in [0.1, 0.15) is 0 Å². The van der Waals surface area contributed by atoms with E-state index >= 15 is 0 Å². The molecule has 3 nitrogen and oxygen atoms in total. The Morgan fingerprint density at radius 2 is 1.70 bits per heavy atom. The minimum absolute atomic E-state index is 0.230. The van der Waals surface area contributed by atoms with Crippen LogP contribution in [0.15, 0.2) is 48.5 Å². The van der Waals surface area contributed by atoms with E-state index in [0.29, 0.717) is 0 Å². The second-order valence-corrected chi connectivity index (χ2v) is 6.29. The van der Waals surface area contributed by atoms with Gasteiger partial charge < -0.3 is 14.8 Å². The molecule has 0 aliphatic heterocycles. The van der Waals surface area contributed by atoms with Gasteiger partial charge in [0.15, 0.2) is 11.5 Å². The molecule has 0 aromatic heterocycles. The van der Waals surface area contributed by atoms with Crippen LogP contribution in [0.3, 0.4) is 0 Å². The van der Waals surface area contributed by atoms with Gasteiger partial charge in [0.05, 0.1) is 14.2 Å². The van der Waals surface area contributed by atoms with E-state index in [9.17, 15) is 0 Å². The molecule has 1 aliphatic carbocycles. The topological polar surface area (TPSA) is 30.5 Å². The van der Waals surface area contributed by atoms with Crippen LogP contribution in [0.25, 0.3) is 0 Å². The summed E-state index contributed by atoms with van der Waals surface area (Å²) >= 11 is 0. The standard InChI is InChI=1S/C20H25NO2/c1-22-18-10-9-17(13-19(18)23-2)20(11-6-12-20)15-21-14-16-7-4-3-5-8-16/h3-5,7-10,13,21H,6,11-12,14-15H2,1-2H3. The van der Waals surface area contributed by atoms with Gasteiger partial charge in [-0.05, 0) is 36.1 Å². The van der Waals surface area contributed by atoms with Gasteiger partial charge in [0.25, 0.3) is 0 Å². The maximum absolute atomic E-state index is 5.47. The molecule has 0 spiro atoms. The summed E-state index contributed by atoms with van der Waals surface area (Å²) in [4.78, 5) is 0. The highest BCUT2D eigenvalue weighted by Crippen LogP contribution is 2.45. The van der Waals surface area contributed by atoms with E-state index in [0.717, 1.165) is 24.6 Å². The minimum atomic E-state index is 0.230. The van der Waals surface area contributed by atoms with E-state index in [1.54, 1.807) is 14.2 Å². The van der Waals surface area contributed by atoms with E-state index in [1.165, 1.54) is 30.4 Å². The lowest BCUT2D eigenvalue weighted by Gasteiger charge is -2.43. The predicted molar refractivity (Wildman–Crippen MR) is 93.2 cm³/mol. The fraction of sp³-hybridized carbons (Fsp3) is 0.400. The molecule has 3 rings (SSSR count). The van der Waals surface area contributed by atoms with Gasteiger partial charge in [0.2, 0.25) is 0 Å². The van der Waals surface area contributed by atoms with Crippen LogP contribution in [0.4, 0.5) is 0 Å². The summed E-state index contributed by atoms with van der Waals surface area (Å²) in [6.45, 7) is 1.91. The highest BCUT2D eigenvalue weighted by Gasteiger charge is 2.38. The van der Waals surface area contributed by atoms with Gasteiger partial charge in [-0.15, -0.1) is 0 Å². The highest BCUT2D eigenvalue weighted by atomic mass is 16.5. The van der Waals surface area contributed by atoms with Gasteiger partial charge >= 0.3 is 0 Å². The number of nitrogens with one attached hydrogen (secondary N) is 1.